The molecule has 0 aliphatic carbocycles. The molecule has 2 heterocycles. The smallest absolute Gasteiger partial charge is 0.283 e. The predicted molar refractivity (Wildman–Crippen MR) is 103 cm³/mol. The Kier molecular flexibility index (Phi) is 6.67. The molecule has 0 aliphatic rings. The van der Waals surface area contributed by atoms with Gasteiger partial charge in [-0.15, -0.1) is 0 Å². The molecule has 2 aromatic heterocycles. The predicted octanol–water partition coefficient (Wildman–Crippen LogP) is 5.51. The van der Waals surface area contributed by atoms with Crippen LogP contribution in [0.15, 0.2) is 36.7 Å². The van der Waals surface area contributed by atoms with Gasteiger partial charge in [0.25, 0.3) is 12.9 Å². The van der Waals surface area contributed by atoms with Gasteiger partial charge in [-0.25, -0.2) is 22.2 Å². The molecule has 0 bridgehead atoms. The third kappa shape index (κ3) is 4.76. The largest absolute Gasteiger partial charge is 0.322 e. The quantitative estimate of drug-likeness (QED) is 0.469. The number of nitrogens with one attached hydrogen (secondary N) is 1. The number of carbonyl (C=O) groups excluding carboxylic acids is 1. The average molecular weight is 464 g/mol. The van der Waals surface area contributed by atoms with Crippen molar-refractivity contribution in [1.82, 2.24) is 19.6 Å². The Balaban J connectivity index is 1.74. The number of halogens is 6. The van der Waals surface area contributed by atoms with E-state index in [0.717, 1.165) is 5.56 Å². The van der Waals surface area contributed by atoms with Gasteiger partial charge in [0.05, 0.1) is 23.5 Å². The highest BCUT2D eigenvalue weighted by atomic mass is 35.5. The van der Waals surface area contributed by atoms with Crippen molar-refractivity contribution in [1.29, 1.82) is 0 Å². The molecular formula is C18H15Cl2F4N5O. The number of benzene rings is 1. The lowest BCUT2D eigenvalue weighted by molar-refractivity contribution is -0.119. The van der Waals surface area contributed by atoms with E-state index in [2.05, 4.69) is 15.5 Å². The van der Waals surface area contributed by atoms with Crippen LogP contribution in [0, 0.1) is 0 Å². The molecule has 3 rings (SSSR count). The molecular weight excluding hydrogens is 449 g/mol. The SMILES string of the molecule is CC(C(=O)Nc1cnn(Cc2ccc(Cl)cc2)c1)n1nc(C(F)F)c(Cl)c1C(F)F. The van der Waals surface area contributed by atoms with Gasteiger partial charge in [0, 0.05) is 11.2 Å². The Labute approximate surface area is 178 Å². The van der Waals surface area contributed by atoms with Crippen LogP contribution in [-0.2, 0) is 11.3 Å². The summed E-state index contributed by atoms with van der Waals surface area (Å²) in [7, 11) is 0. The van der Waals surface area contributed by atoms with Gasteiger partial charge < -0.3 is 5.32 Å². The summed E-state index contributed by atoms with van der Waals surface area (Å²) in [4.78, 5) is 12.5. The van der Waals surface area contributed by atoms with Gasteiger partial charge in [-0.05, 0) is 24.6 Å². The first kappa shape index (κ1) is 22.1. The molecule has 1 unspecified atom stereocenters. The number of hydrogen-bond donors (Lipinski definition) is 1. The fourth-order valence-electron chi connectivity index (χ4n) is 2.73. The third-order valence-electron chi connectivity index (χ3n) is 4.23. The minimum atomic E-state index is -3.19. The summed E-state index contributed by atoms with van der Waals surface area (Å²) in [6.45, 7) is 1.66. The lowest BCUT2D eigenvalue weighted by atomic mass is 10.2. The van der Waals surface area contributed by atoms with E-state index in [1.165, 1.54) is 19.3 Å². The number of hydrogen-bond acceptors (Lipinski definition) is 3. The van der Waals surface area contributed by atoms with E-state index in [4.69, 9.17) is 23.2 Å². The van der Waals surface area contributed by atoms with Crippen molar-refractivity contribution in [3.63, 3.8) is 0 Å². The number of nitrogens with zero attached hydrogens (tertiary/aromatic N) is 4. The molecule has 0 spiro atoms. The van der Waals surface area contributed by atoms with Crippen LogP contribution < -0.4 is 5.32 Å². The molecule has 12 heteroatoms. The first-order valence-electron chi connectivity index (χ1n) is 8.59. The Hall–Kier alpha value is -2.59. The minimum Gasteiger partial charge on any atom is -0.322 e. The number of carbonyl (C=O) groups is 1. The van der Waals surface area contributed by atoms with E-state index in [0.29, 0.717) is 21.9 Å². The summed E-state index contributed by atoms with van der Waals surface area (Å²) in [5.41, 5.74) is -0.719. The van der Waals surface area contributed by atoms with Crippen LogP contribution in [0.5, 0.6) is 0 Å². The van der Waals surface area contributed by atoms with Gasteiger partial charge in [0.1, 0.15) is 17.4 Å². The molecule has 1 amide bonds. The van der Waals surface area contributed by atoms with Crippen LogP contribution in [0.4, 0.5) is 23.2 Å². The Morgan fingerprint density at radius 1 is 1.13 bits per heavy atom. The van der Waals surface area contributed by atoms with Gasteiger partial charge in [0.2, 0.25) is 5.91 Å². The fraction of sp³-hybridized carbons (Fsp3) is 0.278. The lowest BCUT2D eigenvalue weighted by Gasteiger charge is -2.15. The molecule has 1 atom stereocenters. The van der Waals surface area contributed by atoms with Gasteiger partial charge >= 0.3 is 0 Å². The van der Waals surface area contributed by atoms with Crippen LogP contribution in [0.25, 0.3) is 0 Å². The van der Waals surface area contributed by atoms with Crippen LogP contribution in [-0.4, -0.2) is 25.5 Å². The van der Waals surface area contributed by atoms with E-state index < -0.39 is 41.2 Å². The van der Waals surface area contributed by atoms with Crippen molar-refractivity contribution in [2.45, 2.75) is 32.4 Å². The number of alkyl halides is 4. The van der Waals surface area contributed by atoms with Gasteiger partial charge in [-0.1, -0.05) is 35.3 Å². The molecule has 0 saturated carbocycles. The molecule has 1 N–H and O–H groups in total. The normalized spacial score (nSPS) is 12.6. The number of amides is 1. The van der Waals surface area contributed by atoms with Gasteiger partial charge in [-0.3, -0.25) is 9.48 Å². The highest BCUT2D eigenvalue weighted by Gasteiger charge is 2.31. The standard InChI is InChI=1S/C18H15Cl2F4N5O/c1-9(29-15(17(23)24)13(20)14(27-29)16(21)22)18(30)26-12-6-25-28(8-12)7-10-2-4-11(19)5-3-10/h2-6,8-9,16-17H,7H2,1H3,(H,26,30). The minimum absolute atomic E-state index is 0.298. The zero-order chi connectivity index (χ0) is 22.0. The molecule has 1 aromatic carbocycles. The molecule has 0 aliphatic heterocycles. The van der Waals surface area contributed by atoms with Crippen molar-refractivity contribution < 1.29 is 22.4 Å². The summed E-state index contributed by atoms with van der Waals surface area (Å²) in [5, 5.41) is 9.78. The molecule has 0 radical (unpaired) electrons. The maximum atomic E-state index is 13.3. The van der Waals surface area contributed by atoms with Crippen LogP contribution in [0.3, 0.4) is 0 Å². The van der Waals surface area contributed by atoms with E-state index in [9.17, 15) is 22.4 Å². The maximum Gasteiger partial charge on any atom is 0.283 e. The van der Waals surface area contributed by atoms with Crippen molar-refractivity contribution in [2.75, 3.05) is 5.32 Å². The van der Waals surface area contributed by atoms with E-state index >= 15 is 0 Å². The first-order valence-corrected chi connectivity index (χ1v) is 9.34. The molecule has 0 fully saturated rings. The molecule has 3 aromatic rings. The number of anilines is 1. The van der Waals surface area contributed by atoms with Crippen molar-refractivity contribution in [2.24, 2.45) is 0 Å². The Morgan fingerprint density at radius 2 is 1.80 bits per heavy atom. The van der Waals surface area contributed by atoms with Crippen LogP contribution >= 0.6 is 23.2 Å². The summed E-state index contributed by atoms with van der Waals surface area (Å²) in [5.74, 6) is -0.747. The van der Waals surface area contributed by atoms with E-state index in [1.807, 2.05) is 12.1 Å². The molecule has 6 nitrogen and oxygen atoms in total. The second kappa shape index (κ2) is 9.05. The summed E-state index contributed by atoms with van der Waals surface area (Å²) >= 11 is 11.5. The zero-order valence-electron chi connectivity index (χ0n) is 15.4. The Bertz CT molecular complexity index is 1040. The number of aromatic nitrogens is 4. The first-order chi connectivity index (χ1) is 14.2. The highest BCUT2D eigenvalue weighted by molar-refractivity contribution is 6.32. The van der Waals surface area contributed by atoms with E-state index in [-0.39, 0.29) is 0 Å². The molecule has 160 valence electrons. The monoisotopic (exact) mass is 463 g/mol. The van der Waals surface area contributed by atoms with Crippen LogP contribution in [0.1, 0.15) is 42.8 Å². The average Bonchev–Trinajstić information content (AvgIpc) is 3.26. The zero-order valence-corrected chi connectivity index (χ0v) is 16.9. The van der Waals surface area contributed by atoms with E-state index in [1.54, 1.807) is 16.8 Å². The third-order valence-corrected chi connectivity index (χ3v) is 4.87. The topological polar surface area (TPSA) is 64.7 Å². The summed E-state index contributed by atoms with van der Waals surface area (Å²) in [6, 6.07) is 5.78. The molecule has 0 saturated heterocycles. The van der Waals surface area contributed by atoms with Gasteiger partial charge in [0.15, 0.2) is 0 Å². The second-order valence-corrected chi connectivity index (χ2v) is 7.16. The van der Waals surface area contributed by atoms with Crippen molar-refractivity contribution >= 4 is 34.8 Å². The highest BCUT2D eigenvalue weighted by Crippen LogP contribution is 2.36. The fourth-order valence-corrected chi connectivity index (χ4v) is 3.14. The van der Waals surface area contributed by atoms with Gasteiger partial charge in [-0.2, -0.15) is 10.2 Å². The summed E-state index contributed by atoms with van der Waals surface area (Å²) < 4.78 is 54.6. The maximum absolute atomic E-state index is 13.3. The van der Waals surface area contributed by atoms with Crippen molar-refractivity contribution in [3.8, 4) is 0 Å². The Morgan fingerprint density at radius 3 is 2.40 bits per heavy atom. The lowest BCUT2D eigenvalue weighted by Crippen LogP contribution is -2.26. The van der Waals surface area contributed by atoms with Crippen LogP contribution in [0.2, 0.25) is 10.0 Å². The number of rotatable bonds is 7. The molecule has 30 heavy (non-hydrogen) atoms. The van der Waals surface area contributed by atoms with Crippen molar-refractivity contribution in [3.05, 3.63) is 63.7 Å². The summed E-state index contributed by atoms with van der Waals surface area (Å²) in [6.07, 6.45) is -3.43. The second-order valence-electron chi connectivity index (χ2n) is 6.35.